The van der Waals surface area contributed by atoms with Gasteiger partial charge in [-0.1, -0.05) is 35.9 Å². The number of nitrogens with one attached hydrogen (secondary N) is 1. The molecule has 6 nitrogen and oxygen atoms in total. The van der Waals surface area contributed by atoms with Gasteiger partial charge < -0.3 is 0 Å². The van der Waals surface area contributed by atoms with Crippen molar-refractivity contribution in [1.29, 1.82) is 0 Å². The Bertz CT molecular complexity index is 1300. The number of nitrogens with zero attached hydrogens (tertiary/aromatic N) is 2. The Balaban J connectivity index is 1.63. The third kappa shape index (κ3) is 3.62. The number of pyridine rings is 1. The standard InChI is InChI=1S/C19H12ClN3O3S2/c20-14-5-1-3-12(9-14)19-22-16(11-27-19)18(24)23-28(25,26)17-6-2-4-13-10-21-8-7-15(13)17/h1-11H,(H,23,24). The highest BCUT2D eigenvalue weighted by molar-refractivity contribution is 7.90. The smallest absolute Gasteiger partial charge is 0.266 e. The topological polar surface area (TPSA) is 89.0 Å². The normalized spacial score (nSPS) is 11.5. The highest BCUT2D eigenvalue weighted by atomic mass is 35.5. The van der Waals surface area contributed by atoms with Crippen molar-refractivity contribution in [3.63, 3.8) is 0 Å². The van der Waals surface area contributed by atoms with E-state index in [1.54, 1.807) is 42.6 Å². The number of thiazole rings is 1. The first-order valence-corrected chi connectivity index (χ1v) is 10.8. The Morgan fingerprint density at radius 2 is 1.93 bits per heavy atom. The fourth-order valence-corrected chi connectivity index (χ4v) is 4.87. The summed E-state index contributed by atoms with van der Waals surface area (Å²) in [5.41, 5.74) is 0.770. The monoisotopic (exact) mass is 429 g/mol. The minimum Gasteiger partial charge on any atom is -0.266 e. The van der Waals surface area contributed by atoms with Crippen LogP contribution >= 0.6 is 22.9 Å². The van der Waals surface area contributed by atoms with Gasteiger partial charge in [0.25, 0.3) is 15.9 Å². The van der Waals surface area contributed by atoms with Crippen molar-refractivity contribution < 1.29 is 13.2 Å². The average Bonchev–Trinajstić information content (AvgIpc) is 3.18. The zero-order chi connectivity index (χ0) is 19.7. The van der Waals surface area contributed by atoms with Crippen LogP contribution in [0.3, 0.4) is 0 Å². The molecule has 4 rings (SSSR count). The lowest BCUT2D eigenvalue weighted by atomic mass is 10.2. The van der Waals surface area contributed by atoms with Crippen LogP contribution in [0.2, 0.25) is 5.02 Å². The first kappa shape index (κ1) is 18.5. The van der Waals surface area contributed by atoms with Crippen molar-refractivity contribution in [2.45, 2.75) is 4.90 Å². The summed E-state index contributed by atoms with van der Waals surface area (Å²) in [6, 6.07) is 13.4. The van der Waals surface area contributed by atoms with Gasteiger partial charge in [-0.2, -0.15) is 0 Å². The maximum Gasteiger partial charge on any atom is 0.284 e. The number of carbonyl (C=O) groups excluding carboxylic acids is 1. The van der Waals surface area contributed by atoms with E-state index < -0.39 is 15.9 Å². The van der Waals surface area contributed by atoms with Gasteiger partial charge in [0.15, 0.2) is 0 Å². The van der Waals surface area contributed by atoms with Crippen LogP contribution < -0.4 is 4.72 Å². The summed E-state index contributed by atoms with van der Waals surface area (Å²) >= 11 is 7.21. The molecular formula is C19H12ClN3O3S2. The molecule has 140 valence electrons. The minimum absolute atomic E-state index is 0.00560. The van der Waals surface area contributed by atoms with E-state index in [-0.39, 0.29) is 10.6 Å². The molecule has 0 saturated heterocycles. The van der Waals surface area contributed by atoms with Crippen LogP contribution in [0.1, 0.15) is 10.5 Å². The minimum atomic E-state index is -4.08. The van der Waals surface area contributed by atoms with Gasteiger partial charge in [0, 0.05) is 39.1 Å². The molecule has 0 radical (unpaired) electrons. The summed E-state index contributed by atoms with van der Waals surface area (Å²) < 4.78 is 27.6. The van der Waals surface area contributed by atoms with Gasteiger partial charge in [-0.3, -0.25) is 9.78 Å². The predicted molar refractivity (Wildman–Crippen MR) is 109 cm³/mol. The molecule has 0 atom stereocenters. The van der Waals surface area contributed by atoms with Crippen LogP contribution in [0.4, 0.5) is 0 Å². The van der Waals surface area contributed by atoms with E-state index in [4.69, 9.17) is 11.6 Å². The van der Waals surface area contributed by atoms with Gasteiger partial charge in [0.2, 0.25) is 0 Å². The predicted octanol–water partition coefficient (Wildman–Crippen LogP) is 4.13. The lowest BCUT2D eigenvalue weighted by molar-refractivity contribution is 0.0977. The van der Waals surface area contributed by atoms with Crippen molar-refractivity contribution in [2.75, 3.05) is 0 Å². The number of fused-ring (bicyclic) bond motifs is 1. The van der Waals surface area contributed by atoms with E-state index in [1.165, 1.54) is 29.0 Å². The summed E-state index contributed by atoms with van der Waals surface area (Å²) in [5.74, 6) is -0.796. The molecule has 2 aromatic carbocycles. The maximum absolute atomic E-state index is 12.8. The number of amides is 1. The van der Waals surface area contributed by atoms with Crippen LogP contribution in [0, 0.1) is 0 Å². The third-order valence-electron chi connectivity index (χ3n) is 3.97. The molecule has 0 aliphatic heterocycles. The second-order valence-corrected chi connectivity index (χ2v) is 8.78. The summed E-state index contributed by atoms with van der Waals surface area (Å²) in [5, 5.41) is 3.77. The molecule has 0 unspecified atom stereocenters. The molecule has 9 heteroatoms. The second kappa shape index (κ2) is 7.31. The molecule has 1 amide bonds. The molecule has 4 aromatic rings. The third-order valence-corrected chi connectivity index (χ3v) is 6.48. The van der Waals surface area contributed by atoms with Crippen molar-refractivity contribution in [3.05, 3.63) is 77.0 Å². The Kier molecular flexibility index (Phi) is 4.84. The lowest BCUT2D eigenvalue weighted by Gasteiger charge is -2.08. The van der Waals surface area contributed by atoms with Crippen LogP contribution in [-0.4, -0.2) is 24.3 Å². The lowest BCUT2D eigenvalue weighted by Crippen LogP contribution is -2.31. The molecule has 0 saturated carbocycles. The van der Waals surface area contributed by atoms with E-state index in [0.29, 0.717) is 20.8 Å². The van der Waals surface area contributed by atoms with Gasteiger partial charge >= 0.3 is 0 Å². The highest BCUT2D eigenvalue weighted by Crippen LogP contribution is 2.26. The number of carbonyl (C=O) groups is 1. The largest absolute Gasteiger partial charge is 0.284 e. The number of benzene rings is 2. The quantitative estimate of drug-likeness (QED) is 0.526. The van der Waals surface area contributed by atoms with E-state index in [2.05, 4.69) is 14.7 Å². The summed E-state index contributed by atoms with van der Waals surface area (Å²) in [7, 11) is -4.08. The van der Waals surface area contributed by atoms with Gasteiger partial charge in [-0.15, -0.1) is 11.3 Å². The van der Waals surface area contributed by atoms with Crippen molar-refractivity contribution in [2.24, 2.45) is 0 Å². The zero-order valence-electron chi connectivity index (χ0n) is 14.2. The van der Waals surface area contributed by atoms with E-state index in [1.807, 2.05) is 6.07 Å². The molecular weight excluding hydrogens is 418 g/mol. The summed E-state index contributed by atoms with van der Waals surface area (Å²) in [4.78, 5) is 20.7. The fraction of sp³-hybridized carbons (Fsp3) is 0. The summed E-state index contributed by atoms with van der Waals surface area (Å²) in [6.07, 6.45) is 3.06. The molecule has 28 heavy (non-hydrogen) atoms. The molecule has 0 aliphatic carbocycles. The highest BCUT2D eigenvalue weighted by Gasteiger charge is 2.22. The number of aromatic nitrogens is 2. The Hall–Kier alpha value is -2.81. The number of halogens is 1. The van der Waals surface area contributed by atoms with Gasteiger partial charge in [0.05, 0.1) is 4.90 Å². The number of sulfonamides is 1. The first-order chi connectivity index (χ1) is 13.4. The SMILES string of the molecule is O=C(NS(=O)(=O)c1cccc2cnccc12)c1csc(-c2cccc(Cl)c2)n1. The Morgan fingerprint density at radius 3 is 2.75 bits per heavy atom. The molecule has 0 spiro atoms. The van der Waals surface area contributed by atoms with E-state index in [0.717, 1.165) is 5.56 Å². The van der Waals surface area contributed by atoms with E-state index >= 15 is 0 Å². The zero-order valence-corrected chi connectivity index (χ0v) is 16.6. The van der Waals surface area contributed by atoms with Gasteiger partial charge in [0.1, 0.15) is 10.7 Å². The van der Waals surface area contributed by atoms with Crippen LogP contribution in [0.15, 0.2) is 71.2 Å². The Labute approximate surface area is 169 Å². The molecule has 2 aromatic heterocycles. The summed E-state index contributed by atoms with van der Waals surface area (Å²) in [6.45, 7) is 0. The van der Waals surface area contributed by atoms with Crippen LogP contribution in [-0.2, 0) is 10.0 Å². The first-order valence-electron chi connectivity index (χ1n) is 8.05. The molecule has 0 fully saturated rings. The van der Waals surface area contributed by atoms with Crippen molar-refractivity contribution >= 4 is 49.6 Å². The average molecular weight is 430 g/mol. The molecule has 0 bridgehead atoms. The van der Waals surface area contributed by atoms with Gasteiger partial charge in [-0.05, 0) is 24.3 Å². The van der Waals surface area contributed by atoms with E-state index in [9.17, 15) is 13.2 Å². The van der Waals surface area contributed by atoms with Crippen LogP contribution in [0.25, 0.3) is 21.3 Å². The maximum atomic E-state index is 12.8. The number of rotatable bonds is 4. The van der Waals surface area contributed by atoms with Crippen molar-refractivity contribution in [1.82, 2.24) is 14.7 Å². The Morgan fingerprint density at radius 1 is 1.11 bits per heavy atom. The second-order valence-electron chi connectivity index (χ2n) is 5.84. The molecule has 0 aliphatic rings. The fourth-order valence-electron chi connectivity index (χ4n) is 2.69. The number of hydrogen-bond acceptors (Lipinski definition) is 6. The van der Waals surface area contributed by atoms with Crippen molar-refractivity contribution in [3.8, 4) is 10.6 Å². The molecule has 1 N–H and O–H groups in total. The molecule has 2 heterocycles. The van der Waals surface area contributed by atoms with Gasteiger partial charge in [-0.25, -0.2) is 18.1 Å². The van der Waals surface area contributed by atoms with Crippen LogP contribution in [0.5, 0.6) is 0 Å². The number of hydrogen-bond donors (Lipinski definition) is 1.